The molecule has 5 nitrogen and oxygen atoms in total. The highest BCUT2D eigenvalue weighted by atomic mass is 16.4. The lowest BCUT2D eigenvalue weighted by atomic mass is 10.1. The van der Waals surface area contributed by atoms with Gasteiger partial charge in [-0.3, -0.25) is 0 Å². The molecule has 0 amide bonds. The third kappa shape index (κ3) is 3.41. The molecule has 1 heterocycles. The van der Waals surface area contributed by atoms with Gasteiger partial charge in [0, 0.05) is 11.4 Å². The SMILES string of the molecule is Cc1cc(C(C)C)nc(NC(C)(C)C(=O)O)n1. The summed E-state index contributed by atoms with van der Waals surface area (Å²) in [5.74, 6) is -0.292. The number of hydrogen-bond donors (Lipinski definition) is 2. The van der Waals surface area contributed by atoms with Crippen LogP contribution in [0, 0.1) is 6.92 Å². The zero-order valence-electron chi connectivity index (χ0n) is 10.9. The summed E-state index contributed by atoms with van der Waals surface area (Å²) in [6.07, 6.45) is 0. The standard InChI is InChI=1S/C12H19N3O2/c1-7(2)9-6-8(3)13-11(14-9)15-12(4,5)10(16)17/h6-7H,1-5H3,(H,16,17)(H,13,14,15). The number of aryl methyl sites for hydroxylation is 1. The van der Waals surface area contributed by atoms with E-state index in [0.717, 1.165) is 11.4 Å². The van der Waals surface area contributed by atoms with Crippen LogP contribution in [0.25, 0.3) is 0 Å². The van der Waals surface area contributed by atoms with Gasteiger partial charge >= 0.3 is 5.97 Å². The predicted octanol–water partition coefficient (Wildman–Crippen LogP) is 2.18. The van der Waals surface area contributed by atoms with Crippen molar-refractivity contribution in [2.45, 2.75) is 46.1 Å². The van der Waals surface area contributed by atoms with E-state index < -0.39 is 11.5 Å². The summed E-state index contributed by atoms with van der Waals surface area (Å²) in [7, 11) is 0. The Hall–Kier alpha value is -1.65. The first kappa shape index (κ1) is 13.4. The van der Waals surface area contributed by atoms with Crippen LogP contribution in [0.1, 0.15) is 45.0 Å². The number of carbonyl (C=O) groups is 1. The van der Waals surface area contributed by atoms with Gasteiger partial charge in [0.25, 0.3) is 0 Å². The Kier molecular flexibility index (Phi) is 3.70. The highest BCUT2D eigenvalue weighted by Gasteiger charge is 2.27. The molecule has 0 atom stereocenters. The monoisotopic (exact) mass is 237 g/mol. The molecule has 0 fully saturated rings. The highest BCUT2D eigenvalue weighted by Crippen LogP contribution is 2.17. The summed E-state index contributed by atoms with van der Waals surface area (Å²) in [6, 6.07) is 1.91. The first-order valence-corrected chi connectivity index (χ1v) is 5.59. The molecular formula is C12H19N3O2. The van der Waals surface area contributed by atoms with Gasteiger partial charge in [-0.2, -0.15) is 0 Å². The van der Waals surface area contributed by atoms with Gasteiger partial charge in [0.15, 0.2) is 0 Å². The van der Waals surface area contributed by atoms with Crippen molar-refractivity contribution in [3.8, 4) is 0 Å². The summed E-state index contributed by atoms with van der Waals surface area (Å²) in [6.45, 7) is 9.10. The topological polar surface area (TPSA) is 75.1 Å². The fourth-order valence-electron chi connectivity index (χ4n) is 1.28. The van der Waals surface area contributed by atoms with Crippen LogP contribution in [0.5, 0.6) is 0 Å². The van der Waals surface area contributed by atoms with Crippen LogP contribution in [-0.2, 0) is 4.79 Å². The van der Waals surface area contributed by atoms with E-state index in [-0.39, 0.29) is 5.92 Å². The van der Waals surface area contributed by atoms with E-state index in [1.807, 2.05) is 26.8 Å². The molecule has 1 rings (SSSR count). The normalized spacial score (nSPS) is 11.6. The molecule has 0 aliphatic carbocycles. The molecule has 0 bridgehead atoms. The Labute approximate surface area is 101 Å². The average Bonchev–Trinajstić information content (AvgIpc) is 2.15. The van der Waals surface area contributed by atoms with Gasteiger partial charge in [0.2, 0.25) is 5.95 Å². The fraction of sp³-hybridized carbons (Fsp3) is 0.583. The molecule has 0 unspecified atom stereocenters. The van der Waals surface area contributed by atoms with E-state index >= 15 is 0 Å². The van der Waals surface area contributed by atoms with Crippen molar-refractivity contribution in [2.75, 3.05) is 5.32 Å². The van der Waals surface area contributed by atoms with Crippen molar-refractivity contribution in [3.63, 3.8) is 0 Å². The van der Waals surface area contributed by atoms with Crippen molar-refractivity contribution in [3.05, 3.63) is 17.5 Å². The summed E-state index contributed by atoms with van der Waals surface area (Å²) in [5.41, 5.74) is 0.649. The summed E-state index contributed by atoms with van der Waals surface area (Å²) < 4.78 is 0. The van der Waals surface area contributed by atoms with Gasteiger partial charge < -0.3 is 10.4 Å². The predicted molar refractivity (Wildman–Crippen MR) is 66.2 cm³/mol. The molecule has 0 aromatic carbocycles. The minimum absolute atomic E-state index is 0.283. The van der Waals surface area contributed by atoms with Crippen LogP contribution in [0.4, 0.5) is 5.95 Å². The number of rotatable bonds is 4. The van der Waals surface area contributed by atoms with Crippen molar-refractivity contribution in [2.24, 2.45) is 0 Å². The van der Waals surface area contributed by atoms with Gasteiger partial charge in [-0.1, -0.05) is 13.8 Å². The second-order valence-electron chi connectivity index (χ2n) is 4.97. The molecular weight excluding hydrogens is 218 g/mol. The van der Waals surface area contributed by atoms with Crippen LogP contribution >= 0.6 is 0 Å². The average molecular weight is 237 g/mol. The Morgan fingerprint density at radius 2 is 2.00 bits per heavy atom. The highest BCUT2D eigenvalue weighted by molar-refractivity contribution is 5.80. The maximum atomic E-state index is 11.0. The molecule has 1 aromatic heterocycles. The number of anilines is 1. The van der Waals surface area contributed by atoms with Crippen molar-refractivity contribution in [1.82, 2.24) is 9.97 Å². The van der Waals surface area contributed by atoms with E-state index in [0.29, 0.717) is 5.95 Å². The minimum atomic E-state index is -1.08. The van der Waals surface area contributed by atoms with Crippen LogP contribution < -0.4 is 5.32 Å². The quantitative estimate of drug-likeness (QED) is 0.839. The van der Waals surface area contributed by atoms with E-state index in [9.17, 15) is 4.79 Å². The van der Waals surface area contributed by atoms with Crippen LogP contribution in [-0.4, -0.2) is 26.6 Å². The lowest BCUT2D eigenvalue weighted by Gasteiger charge is -2.21. The Bertz CT molecular complexity index is 428. The summed E-state index contributed by atoms with van der Waals surface area (Å²) in [4.78, 5) is 19.5. The van der Waals surface area contributed by atoms with Crippen LogP contribution in [0.3, 0.4) is 0 Å². The number of hydrogen-bond acceptors (Lipinski definition) is 4. The number of carboxylic acid groups (broad SMARTS) is 1. The number of nitrogens with zero attached hydrogens (tertiary/aromatic N) is 2. The first-order valence-electron chi connectivity index (χ1n) is 5.59. The van der Waals surface area contributed by atoms with Crippen molar-refractivity contribution in [1.29, 1.82) is 0 Å². The zero-order valence-corrected chi connectivity index (χ0v) is 10.9. The summed E-state index contributed by atoms with van der Waals surface area (Å²) >= 11 is 0. The number of carboxylic acids is 1. The minimum Gasteiger partial charge on any atom is -0.480 e. The van der Waals surface area contributed by atoms with E-state index in [2.05, 4.69) is 15.3 Å². The molecule has 1 aromatic rings. The Balaban J connectivity index is 3.03. The third-order valence-electron chi connectivity index (χ3n) is 2.42. The second-order valence-corrected chi connectivity index (χ2v) is 4.97. The first-order chi connectivity index (χ1) is 7.72. The third-order valence-corrected chi connectivity index (χ3v) is 2.42. The molecule has 5 heteroatoms. The molecule has 0 saturated heterocycles. The maximum absolute atomic E-state index is 11.0. The van der Waals surface area contributed by atoms with Gasteiger partial charge in [0.1, 0.15) is 5.54 Å². The van der Waals surface area contributed by atoms with Gasteiger partial charge in [-0.15, -0.1) is 0 Å². The molecule has 2 N–H and O–H groups in total. The number of nitrogens with one attached hydrogen (secondary N) is 1. The fourth-order valence-corrected chi connectivity index (χ4v) is 1.28. The number of aromatic nitrogens is 2. The smallest absolute Gasteiger partial charge is 0.328 e. The molecule has 0 aliphatic heterocycles. The van der Waals surface area contributed by atoms with Crippen LogP contribution in [0.2, 0.25) is 0 Å². The lowest BCUT2D eigenvalue weighted by molar-refractivity contribution is -0.141. The van der Waals surface area contributed by atoms with Gasteiger partial charge in [-0.25, -0.2) is 14.8 Å². The van der Waals surface area contributed by atoms with Crippen LogP contribution in [0.15, 0.2) is 6.07 Å². The molecule has 17 heavy (non-hydrogen) atoms. The van der Waals surface area contributed by atoms with E-state index in [1.165, 1.54) is 0 Å². The molecule has 0 saturated carbocycles. The van der Waals surface area contributed by atoms with Gasteiger partial charge in [0.05, 0.1) is 0 Å². The largest absolute Gasteiger partial charge is 0.480 e. The van der Waals surface area contributed by atoms with Crippen molar-refractivity contribution < 1.29 is 9.90 Å². The lowest BCUT2D eigenvalue weighted by Crippen LogP contribution is -2.40. The maximum Gasteiger partial charge on any atom is 0.328 e. The number of aliphatic carboxylic acids is 1. The molecule has 0 spiro atoms. The summed E-state index contributed by atoms with van der Waals surface area (Å²) in [5, 5.41) is 11.9. The van der Waals surface area contributed by atoms with E-state index in [1.54, 1.807) is 13.8 Å². The molecule has 94 valence electrons. The Morgan fingerprint density at radius 3 is 2.47 bits per heavy atom. The second kappa shape index (κ2) is 4.69. The molecule has 0 aliphatic rings. The van der Waals surface area contributed by atoms with Gasteiger partial charge in [-0.05, 0) is 32.8 Å². The van der Waals surface area contributed by atoms with Crippen molar-refractivity contribution >= 4 is 11.9 Å². The van der Waals surface area contributed by atoms with E-state index in [4.69, 9.17) is 5.11 Å². The molecule has 0 radical (unpaired) electrons. The Morgan fingerprint density at radius 1 is 1.41 bits per heavy atom. The zero-order chi connectivity index (χ0) is 13.2.